The van der Waals surface area contributed by atoms with E-state index in [0.29, 0.717) is 5.82 Å². The van der Waals surface area contributed by atoms with Gasteiger partial charge in [0, 0.05) is 18.8 Å². The van der Waals surface area contributed by atoms with Gasteiger partial charge in [0.1, 0.15) is 5.82 Å². The average molecular weight is 194 g/mol. The molecule has 0 amide bonds. The molecule has 1 unspecified atom stereocenters. The van der Waals surface area contributed by atoms with Gasteiger partial charge < -0.3 is 5.73 Å². The summed E-state index contributed by atoms with van der Waals surface area (Å²) in [6, 6.07) is 2.58. The molecule has 78 valence electrons. The van der Waals surface area contributed by atoms with E-state index in [-0.39, 0.29) is 0 Å². The standard InChI is InChI=1S/C10H18N4/c1-9-3-2-5-13(9)7-8-14-6-4-10(11)12-14/h4,6,9H,2-3,5,7-8H2,1H3,(H2,11,12). The summed E-state index contributed by atoms with van der Waals surface area (Å²) in [4.78, 5) is 2.51. The highest BCUT2D eigenvalue weighted by Gasteiger charge is 2.19. The lowest BCUT2D eigenvalue weighted by molar-refractivity contribution is 0.254. The molecule has 0 bridgehead atoms. The highest BCUT2D eigenvalue weighted by Crippen LogP contribution is 2.15. The molecule has 1 saturated heterocycles. The van der Waals surface area contributed by atoms with Crippen molar-refractivity contribution in [3.63, 3.8) is 0 Å². The molecule has 1 aromatic heterocycles. The van der Waals surface area contributed by atoms with Crippen LogP contribution in [0, 0.1) is 0 Å². The lowest BCUT2D eigenvalue weighted by Gasteiger charge is -2.20. The molecular formula is C10H18N4. The van der Waals surface area contributed by atoms with E-state index < -0.39 is 0 Å². The largest absolute Gasteiger partial charge is 0.382 e. The van der Waals surface area contributed by atoms with E-state index in [9.17, 15) is 0 Å². The van der Waals surface area contributed by atoms with Crippen molar-refractivity contribution in [2.45, 2.75) is 32.4 Å². The fourth-order valence-corrected chi connectivity index (χ4v) is 2.06. The number of rotatable bonds is 3. The van der Waals surface area contributed by atoms with E-state index in [4.69, 9.17) is 5.73 Å². The molecule has 4 nitrogen and oxygen atoms in total. The Labute approximate surface area is 84.7 Å². The Hall–Kier alpha value is -1.03. The highest BCUT2D eigenvalue weighted by atomic mass is 15.3. The number of hydrogen-bond acceptors (Lipinski definition) is 3. The predicted octanol–water partition coefficient (Wildman–Crippen LogP) is 0.950. The zero-order valence-electron chi connectivity index (χ0n) is 8.69. The second kappa shape index (κ2) is 4.00. The molecule has 2 N–H and O–H groups in total. The van der Waals surface area contributed by atoms with Crippen molar-refractivity contribution < 1.29 is 0 Å². The Morgan fingerprint density at radius 2 is 2.43 bits per heavy atom. The van der Waals surface area contributed by atoms with E-state index in [1.165, 1.54) is 19.4 Å². The van der Waals surface area contributed by atoms with Gasteiger partial charge in [-0.1, -0.05) is 0 Å². The minimum Gasteiger partial charge on any atom is -0.382 e. The molecule has 1 fully saturated rings. The van der Waals surface area contributed by atoms with Gasteiger partial charge in [0.15, 0.2) is 0 Å². The molecule has 2 rings (SSSR count). The number of nitrogen functional groups attached to an aromatic ring is 1. The van der Waals surface area contributed by atoms with Gasteiger partial charge in [-0.2, -0.15) is 5.10 Å². The van der Waals surface area contributed by atoms with E-state index in [0.717, 1.165) is 19.1 Å². The first-order valence-electron chi connectivity index (χ1n) is 5.28. The summed E-state index contributed by atoms with van der Waals surface area (Å²) in [5.41, 5.74) is 5.54. The maximum Gasteiger partial charge on any atom is 0.145 e. The van der Waals surface area contributed by atoms with Gasteiger partial charge in [0.05, 0.1) is 6.54 Å². The molecule has 2 heterocycles. The first kappa shape index (κ1) is 9.52. The second-order valence-electron chi connectivity index (χ2n) is 4.03. The zero-order chi connectivity index (χ0) is 9.97. The highest BCUT2D eigenvalue weighted by molar-refractivity contribution is 5.23. The SMILES string of the molecule is CC1CCCN1CCn1ccc(N)n1. The second-order valence-corrected chi connectivity index (χ2v) is 4.03. The Balaban J connectivity index is 1.82. The van der Waals surface area contributed by atoms with Crippen molar-refractivity contribution in [3.05, 3.63) is 12.3 Å². The van der Waals surface area contributed by atoms with Crippen LogP contribution in [-0.2, 0) is 6.54 Å². The average Bonchev–Trinajstić information content (AvgIpc) is 2.72. The van der Waals surface area contributed by atoms with Crippen molar-refractivity contribution in [3.8, 4) is 0 Å². The number of nitrogens with two attached hydrogens (primary N) is 1. The van der Waals surface area contributed by atoms with Crippen LogP contribution in [-0.4, -0.2) is 33.8 Å². The molecule has 1 atom stereocenters. The minimum atomic E-state index is 0.611. The topological polar surface area (TPSA) is 47.1 Å². The van der Waals surface area contributed by atoms with Crippen LogP contribution >= 0.6 is 0 Å². The van der Waals surface area contributed by atoms with Crippen LogP contribution in [0.4, 0.5) is 5.82 Å². The summed E-state index contributed by atoms with van der Waals surface area (Å²) in [5, 5.41) is 4.16. The minimum absolute atomic E-state index is 0.611. The maximum atomic E-state index is 5.54. The van der Waals surface area contributed by atoms with Crippen LogP contribution in [0.1, 0.15) is 19.8 Å². The van der Waals surface area contributed by atoms with Crippen molar-refractivity contribution in [2.24, 2.45) is 0 Å². The monoisotopic (exact) mass is 194 g/mol. The number of hydrogen-bond donors (Lipinski definition) is 1. The third kappa shape index (κ3) is 2.07. The lowest BCUT2D eigenvalue weighted by Crippen LogP contribution is -2.30. The number of aromatic nitrogens is 2. The van der Waals surface area contributed by atoms with E-state index in [2.05, 4.69) is 16.9 Å². The van der Waals surface area contributed by atoms with Gasteiger partial charge in [-0.05, 0) is 32.4 Å². The molecule has 0 spiro atoms. The van der Waals surface area contributed by atoms with Gasteiger partial charge in [0.25, 0.3) is 0 Å². The van der Waals surface area contributed by atoms with Crippen LogP contribution in [0.2, 0.25) is 0 Å². The normalized spacial score (nSPS) is 23.1. The van der Waals surface area contributed by atoms with Crippen LogP contribution in [0.3, 0.4) is 0 Å². The fourth-order valence-electron chi connectivity index (χ4n) is 2.06. The molecule has 1 aliphatic rings. The Morgan fingerprint density at radius 3 is 3.00 bits per heavy atom. The fraction of sp³-hybridized carbons (Fsp3) is 0.700. The third-order valence-corrected chi connectivity index (χ3v) is 2.97. The van der Waals surface area contributed by atoms with Gasteiger partial charge in [-0.15, -0.1) is 0 Å². The van der Waals surface area contributed by atoms with Crippen molar-refractivity contribution >= 4 is 5.82 Å². The van der Waals surface area contributed by atoms with Crippen LogP contribution in [0.5, 0.6) is 0 Å². The first-order valence-corrected chi connectivity index (χ1v) is 5.28. The van der Waals surface area contributed by atoms with Crippen molar-refractivity contribution in [1.29, 1.82) is 0 Å². The Bertz CT molecular complexity index is 294. The molecule has 0 saturated carbocycles. The maximum absolute atomic E-state index is 5.54. The molecule has 1 aromatic rings. The summed E-state index contributed by atoms with van der Waals surface area (Å²) >= 11 is 0. The summed E-state index contributed by atoms with van der Waals surface area (Å²) in [5.74, 6) is 0.611. The van der Waals surface area contributed by atoms with Crippen LogP contribution in [0.15, 0.2) is 12.3 Å². The van der Waals surface area contributed by atoms with E-state index in [1.807, 2.05) is 16.9 Å². The van der Waals surface area contributed by atoms with Crippen LogP contribution < -0.4 is 5.73 Å². The number of nitrogens with zero attached hydrogens (tertiary/aromatic N) is 3. The molecule has 4 heteroatoms. The number of likely N-dealkylation sites (tertiary alicyclic amines) is 1. The van der Waals surface area contributed by atoms with Crippen LogP contribution in [0.25, 0.3) is 0 Å². The zero-order valence-corrected chi connectivity index (χ0v) is 8.69. The lowest BCUT2D eigenvalue weighted by atomic mass is 10.2. The van der Waals surface area contributed by atoms with Gasteiger partial charge in [0.2, 0.25) is 0 Å². The van der Waals surface area contributed by atoms with Gasteiger partial charge >= 0.3 is 0 Å². The van der Waals surface area contributed by atoms with Gasteiger partial charge in [-0.3, -0.25) is 9.58 Å². The molecule has 14 heavy (non-hydrogen) atoms. The summed E-state index contributed by atoms with van der Waals surface area (Å²) < 4.78 is 1.92. The van der Waals surface area contributed by atoms with Crippen molar-refractivity contribution in [2.75, 3.05) is 18.8 Å². The molecule has 0 aromatic carbocycles. The molecule has 1 aliphatic heterocycles. The molecule has 0 radical (unpaired) electrons. The Kier molecular flexibility index (Phi) is 2.72. The van der Waals surface area contributed by atoms with Crippen molar-refractivity contribution in [1.82, 2.24) is 14.7 Å². The summed E-state index contributed by atoms with van der Waals surface area (Å²) in [6.07, 6.45) is 4.61. The number of anilines is 1. The first-order chi connectivity index (χ1) is 6.75. The molecule has 0 aliphatic carbocycles. The quantitative estimate of drug-likeness (QED) is 0.779. The van der Waals surface area contributed by atoms with Gasteiger partial charge in [-0.25, -0.2) is 0 Å². The Morgan fingerprint density at radius 1 is 1.57 bits per heavy atom. The third-order valence-electron chi connectivity index (χ3n) is 2.97. The summed E-state index contributed by atoms with van der Waals surface area (Å²) in [7, 11) is 0. The van der Waals surface area contributed by atoms with E-state index in [1.54, 1.807) is 0 Å². The smallest absolute Gasteiger partial charge is 0.145 e. The predicted molar refractivity (Wildman–Crippen MR) is 56.9 cm³/mol. The molecular weight excluding hydrogens is 176 g/mol. The van der Waals surface area contributed by atoms with E-state index >= 15 is 0 Å². The summed E-state index contributed by atoms with van der Waals surface area (Å²) in [6.45, 7) is 5.56.